The summed E-state index contributed by atoms with van der Waals surface area (Å²) in [6.07, 6.45) is 3.68. The summed E-state index contributed by atoms with van der Waals surface area (Å²) < 4.78 is 10.5. The van der Waals surface area contributed by atoms with Gasteiger partial charge in [-0.3, -0.25) is 0 Å². The summed E-state index contributed by atoms with van der Waals surface area (Å²) in [5, 5.41) is 12.1. The Hall–Kier alpha value is -2.41. The quantitative estimate of drug-likeness (QED) is 0.875. The largest absolute Gasteiger partial charge is 0.476 e. The Morgan fingerprint density at radius 3 is 3.10 bits per heavy atom. The summed E-state index contributed by atoms with van der Waals surface area (Å²) in [6, 6.07) is 3.74. The molecule has 2 aromatic rings. The molecule has 1 aliphatic heterocycles. The molecule has 104 valence electrons. The third-order valence-corrected chi connectivity index (χ3v) is 3.01. The van der Waals surface area contributed by atoms with Gasteiger partial charge in [-0.25, -0.2) is 14.8 Å². The fourth-order valence-electron chi connectivity index (χ4n) is 2.00. The zero-order valence-electron chi connectivity index (χ0n) is 10.6. The van der Waals surface area contributed by atoms with Crippen molar-refractivity contribution in [3.05, 3.63) is 30.3 Å². The molecule has 1 fully saturated rings. The SMILES string of the molecule is O=C(O)c1coc(-c2ccnc(N[C@@H]3CCOC3)c2)n1. The monoisotopic (exact) mass is 275 g/mol. The molecule has 0 spiro atoms. The van der Waals surface area contributed by atoms with Crippen LogP contribution in [0.1, 0.15) is 16.9 Å². The highest BCUT2D eigenvalue weighted by atomic mass is 16.5. The predicted octanol–water partition coefficient (Wildman–Crippen LogP) is 1.64. The Morgan fingerprint density at radius 2 is 2.40 bits per heavy atom. The first-order chi connectivity index (χ1) is 9.72. The Morgan fingerprint density at radius 1 is 1.50 bits per heavy atom. The molecule has 1 aliphatic rings. The van der Waals surface area contributed by atoms with Gasteiger partial charge in [-0.1, -0.05) is 0 Å². The minimum atomic E-state index is -1.12. The molecule has 2 aromatic heterocycles. The van der Waals surface area contributed by atoms with E-state index in [4.69, 9.17) is 14.3 Å². The van der Waals surface area contributed by atoms with Crippen LogP contribution in [0.5, 0.6) is 0 Å². The van der Waals surface area contributed by atoms with Crippen LogP contribution >= 0.6 is 0 Å². The zero-order chi connectivity index (χ0) is 13.9. The number of nitrogens with zero attached hydrogens (tertiary/aromatic N) is 2. The summed E-state index contributed by atoms with van der Waals surface area (Å²) in [4.78, 5) is 18.9. The second kappa shape index (κ2) is 5.30. The lowest BCUT2D eigenvalue weighted by atomic mass is 10.2. The number of pyridine rings is 1. The first kappa shape index (κ1) is 12.6. The molecule has 1 atom stereocenters. The van der Waals surface area contributed by atoms with Crippen LogP contribution in [0, 0.1) is 0 Å². The van der Waals surface area contributed by atoms with Gasteiger partial charge < -0.3 is 19.6 Å². The van der Waals surface area contributed by atoms with Gasteiger partial charge in [-0.15, -0.1) is 0 Å². The number of aromatic carboxylic acids is 1. The van der Waals surface area contributed by atoms with Gasteiger partial charge in [0.25, 0.3) is 0 Å². The Labute approximate surface area is 114 Å². The number of carboxylic acid groups (broad SMARTS) is 1. The second-order valence-electron chi connectivity index (χ2n) is 4.48. The van der Waals surface area contributed by atoms with Crippen molar-refractivity contribution in [3.8, 4) is 11.5 Å². The van der Waals surface area contributed by atoms with E-state index in [1.54, 1.807) is 18.3 Å². The first-order valence-electron chi connectivity index (χ1n) is 6.22. The van der Waals surface area contributed by atoms with Crippen LogP contribution in [0.3, 0.4) is 0 Å². The number of anilines is 1. The van der Waals surface area contributed by atoms with E-state index in [0.717, 1.165) is 19.3 Å². The zero-order valence-corrected chi connectivity index (χ0v) is 10.6. The maximum atomic E-state index is 10.8. The first-order valence-corrected chi connectivity index (χ1v) is 6.22. The Kier molecular flexibility index (Phi) is 3.34. The van der Waals surface area contributed by atoms with Gasteiger partial charge in [0.2, 0.25) is 5.89 Å². The van der Waals surface area contributed by atoms with E-state index < -0.39 is 5.97 Å². The molecule has 7 nitrogen and oxygen atoms in total. The van der Waals surface area contributed by atoms with Crippen LogP contribution in [-0.2, 0) is 4.74 Å². The number of ether oxygens (including phenoxy) is 1. The van der Waals surface area contributed by atoms with Crippen LogP contribution in [0.4, 0.5) is 5.82 Å². The lowest BCUT2D eigenvalue weighted by Gasteiger charge is -2.11. The molecule has 0 aliphatic carbocycles. The number of hydrogen-bond acceptors (Lipinski definition) is 6. The van der Waals surface area contributed by atoms with Crippen LogP contribution in [0.2, 0.25) is 0 Å². The van der Waals surface area contributed by atoms with E-state index in [9.17, 15) is 4.79 Å². The average Bonchev–Trinajstić information content (AvgIpc) is 3.09. The molecule has 0 radical (unpaired) electrons. The number of aromatic nitrogens is 2. The van der Waals surface area contributed by atoms with E-state index in [2.05, 4.69) is 15.3 Å². The minimum Gasteiger partial charge on any atom is -0.476 e. The molecule has 0 amide bonds. The standard InChI is InChI=1S/C13H13N3O4/c17-13(18)10-7-20-12(16-10)8-1-3-14-11(5-8)15-9-2-4-19-6-9/h1,3,5,7,9H,2,4,6H2,(H,14,15)(H,17,18)/t9-/m1/s1. The van der Waals surface area contributed by atoms with Gasteiger partial charge in [-0.2, -0.15) is 0 Å². The molecule has 3 heterocycles. The lowest BCUT2D eigenvalue weighted by molar-refractivity contribution is 0.0690. The van der Waals surface area contributed by atoms with Gasteiger partial charge >= 0.3 is 5.97 Å². The fourth-order valence-corrected chi connectivity index (χ4v) is 2.00. The van der Waals surface area contributed by atoms with Gasteiger partial charge in [0.05, 0.1) is 12.6 Å². The third-order valence-electron chi connectivity index (χ3n) is 3.01. The number of rotatable bonds is 4. The molecule has 0 unspecified atom stereocenters. The van der Waals surface area contributed by atoms with Crippen LogP contribution in [0.15, 0.2) is 29.0 Å². The van der Waals surface area contributed by atoms with Crippen LogP contribution in [-0.4, -0.2) is 40.3 Å². The molecule has 0 bridgehead atoms. The maximum Gasteiger partial charge on any atom is 0.357 e. The molecular weight excluding hydrogens is 262 g/mol. The molecular formula is C13H13N3O4. The summed E-state index contributed by atoms with van der Waals surface area (Å²) >= 11 is 0. The number of carbonyl (C=O) groups is 1. The molecule has 7 heteroatoms. The highest BCUT2D eigenvalue weighted by molar-refractivity contribution is 5.85. The van der Waals surface area contributed by atoms with Gasteiger partial charge in [0, 0.05) is 18.4 Å². The number of hydrogen-bond donors (Lipinski definition) is 2. The van der Waals surface area contributed by atoms with Crippen molar-refractivity contribution in [1.29, 1.82) is 0 Å². The number of nitrogens with one attached hydrogen (secondary N) is 1. The van der Waals surface area contributed by atoms with Crippen LogP contribution < -0.4 is 5.32 Å². The topological polar surface area (TPSA) is 97.5 Å². The molecule has 3 rings (SSSR count). The molecule has 0 saturated carbocycles. The van der Waals surface area contributed by atoms with Crippen molar-refractivity contribution in [1.82, 2.24) is 9.97 Å². The van der Waals surface area contributed by atoms with Gasteiger partial charge in [-0.05, 0) is 18.6 Å². The Balaban J connectivity index is 1.80. The van der Waals surface area contributed by atoms with E-state index >= 15 is 0 Å². The number of oxazole rings is 1. The van der Waals surface area contributed by atoms with Gasteiger partial charge in [0.15, 0.2) is 5.69 Å². The molecule has 20 heavy (non-hydrogen) atoms. The summed E-state index contributed by atoms with van der Waals surface area (Å²) in [5.74, 6) is -0.167. The summed E-state index contributed by atoms with van der Waals surface area (Å²) in [5.41, 5.74) is 0.560. The highest BCUT2D eigenvalue weighted by Gasteiger charge is 2.17. The van der Waals surface area contributed by atoms with Crippen molar-refractivity contribution >= 4 is 11.8 Å². The Bertz CT molecular complexity index is 620. The summed E-state index contributed by atoms with van der Waals surface area (Å²) in [7, 11) is 0. The van der Waals surface area contributed by atoms with E-state index in [-0.39, 0.29) is 17.6 Å². The normalized spacial score (nSPS) is 18.1. The van der Waals surface area contributed by atoms with E-state index in [0.29, 0.717) is 18.0 Å². The minimum absolute atomic E-state index is 0.115. The maximum absolute atomic E-state index is 10.8. The fraction of sp³-hybridized carbons (Fsp3) is 0.308. The number of carboxylic acids is 1. The average molecular weight is 275 g/mol. The van der Waals surface area contributed by atoms with Gasteiger partial charge in [0.1, 0.15) is 12.1 Å². The van der Waals surface area contributed by atoms with E-state index in [1.807, 2.05) is 0 Å². The van der Waals surface area contributed by atoms with Crippen molar-refractivity contribution in [3.63, 3.8) is 0 Å². The molecule has 2 N–H and O–H groups in total. The smallest absolute Gasteiger partial charge is 0.357 e. The highest BCUT2D eigenvalue weighted by Crippen LogP contribution is 2.21. The van der Waals surface area contributed by atoms with Crippen molar-refractivity contribution in [2.24, 2.45) is 0 Å². The predicted molar refractivity (Wildman–Crippen MR) is 69.5 cm³/mol. The van der Waals surface area contributed by atoms with Crippen LogP contribution in [0.25, 0.3) is 11.5 Å². The molecule has 1 saturated heterocycles. The van der Waals surface area contributed by atoms with Crippen molar-refractivity contribution in [2.45, 2.75) is 12.5 Å². The third kappa shape index (κ3) is 2.62. The van der Waals surface area contributed by atoms with E-state index in [1.165, 1.54) is 0 Å². The second-order valence-corrected chi connectivity index (χ2v) is 4.48. The van der Waals surface area contributed by atoms with Crippen molar-refractivity contribution < 1.29 is 19.1 Å². The summed E-state index contributed by atoms with van der Waals surface area (Å²) in [6.45, 7) is 1.41. The lowest BCUT2D eigenvalue weighted by Crippen LogP contribution is -2.19. The molecule has 0 aromatic carbocycles. The van der Waals surface area contributed by atoms with Crippen molar-refractivity contribution in [2.75, 3.05) is 18.5 Å².